The fraction of sp³-hybridized carbons (Fsp3) is 0.300. The van der Waals surface area contributed by atoms with Gasteiger partial charge < -0.3 is 4.74 Å². The molecule has 0 fully saturated rings. The molecule has 0 radical (unpaired) electrons. The lowest BCUT2D eigenvalue weighted by Gasteiger charge is -2.00. The molecule has 1 aromatic heterocycles. The maximum Gasteiger partial charge on any atom is 0.448 e. The van der Waals surface area contributed by atoms with Gasteiger partial charge in [0.2, 0.25) is 0 Å². The molecule has 92 valence electrons. The third-order valence-corrected chi connectivity index (χ3v) is 3.68. The van der Waals surface area contributed by atoms with Crippen molar-refractivity contribution in [2.75, 3.05) is 6.61 Å². The molecule has 0 unspecified atom stereocenters. The molecule has 0 amide bonds. The van der Waals surface area contributed by atoms with Crippen molar-refractivity contribution in [1.29, 1.82) is 0 Å². The van der Waals surface area contributed by atoms with Crippen LogP contribution in [-0.4, -0.2) is 17.1 Å². The predicted molar refractivity (Wildman–Crippen MR) is 62.7 cm³/mol. The van der Waals surface area contributed by atoms with Gasteiger partial charge in [0.05, 0.1) is 16.8 Å². The number of hydrogen-bond donors (Lipinski definition) is 0. The second kappa shape index (κ2) is 4.73. The molecule has 0 N–H and O–H groups in total. The molecule has 0 saturated carbocycles. The Bertz CT molecular complexity index is 524. The molecular weight excluding hydrogens is 271 g/mol. The second-order valence-corrected chi connectivity index (χ2v) is 5.43. The largest absolute Gasteiger partial charge is 0.494 e. The van der Waals surface area contributed by atoms with E-state index < -0.39 is 5.51 Å². The number of nitrogens with zero attached hydrogens (tertiary/aromatic N) is 1. The molecule has 17 heavy (non-hydrogen) atoms. The van der Waals surface area contributed by atoms with Crippen LogP contribution in [0, 0.1) is 0 Å². The number of aromatic nitrogens is 1. The van der Waals surface area contributed by atoms with Crippen molar-refractivity contribution < 1.29 is 17.9 Å². The van der Waals surface area contributed by atoms with Gasteiger partial charge >= 0.3 is 5.51 Å². The van der Waals surface area contributed by atoms with E-state index in [9.17, 15) is 13.2 Å². The zero-order valence-electron chi connectivity index (χ0n) is 8.75. The van der Waals surface area contributed by atoms with E-state index >= 15 is 0 Å². The molecule has 0 bridgehead atoms. The Morgan fingerprint density at radius 1 is 1.41 bits per heavy atom. The first-order chi connectivity index (χ1) is 7.98. The number of thiazole rings is 1. The van der Waals surface area contributed by atoms with E-state index in [0.717, 1.165) is 16.0 Å². The lowest BCUT2D eigenvalue weighted by molar-refractivity contribution is -0.0328. The number of thioether (sulfide) groups is 1. The lowest BCUT2D eigenvalue weighted by Crippen LogP contribution is -1.98. The van der Waals surface area contributed by atoms with Crippen molar-refractivity contribution in [3.63, 3.8) is 0 Å². The summed E-state index contributed by atoms with van der Waals surface area (Å²) in [5, 5.41) is 0. The van der Waals surface area contributed by atoms with Crippen molar-refractivity contribution in [3.05, 3.63) is 18.2 Å². The standard InChI is InChI=1S/C10H8F3NOS2/c1-2-15-6-3-4-8-7(5-6)14-9(16-8)17-10(11,12)13/h3-5H,2H2,1H3. The van der Waals surface area contributed by atoms with E-state index in [1.807, 2.05) is 6.92 Å². The summed E-state index contributed by atoms with van der Waals surface area (Å²) in [6, 6.07) is 5.10. The van der Waals surface area contributed by atoms with E-state index in [4.69, 9.17) is 4.74 Å². The molecule has 0 aliphatic rings. The molecule has 0 saturated heterocycles. The van der Waals surface area contributed by atoms with Gasteiger partial charge in [-0.15, -0.1) is 11.3 Å². The number of benzene rings is 1. The highest BCUT2D eigenvalue weighted by Crippen LogP contribution is 2.40. The van der Waals surface area contributed by atoms with E-state index in [-0.39, 0.29) is 16.1 Å². The Labute approximate surface area is 104 Å². The molecule has 1 aromatic carbocycles. The number of halogens is 3. The third-order valence-electron chi connectivity index (χ3n) is 1.85. The SMILES string of the molecule is CCOc1ccc2sc(SC(F)(F)F)nc2c1. The zero-order valence-corrected chi connectivity index (χ0v) is 10.4. The monoisotopic (exact) mass is 279 g/mol. The minimum Gasteiger partial charge on any atom is -0.494 e. The van der Waals surface area contributed by atoms with Gasteiger partial charge in [-0.2, -0.15) is 13.2 Å². The molecule has 2 aromatic rings. The zero-order chi connectivity index (χ0) is 12.5. The van der Waals surface area contributed by atoms with Crippen LogP contribution >= 0.6 is 23.1 Å². The highest BCUT2D eigenvalue weighted by Gasteiger charge is 2.31. The average molecular weight is 279 g/mol. The van der Waals surface area contributed by atoms with Gasteiger partial charge in [0.15, 0.2) is 4.34 Å². The third kappa shape index (κ3) is 3.26. The van der Waals surface area contributed by atoms with Crippen LogP contribution in [0.2, 0.25) is 0 Å². The van der Waals surface area contributed by atoms with Crippen molar-refractivity contribution in [2.45, 2.75) is 16.8 Å². The highest BCUT2D eigenvalue weighted by molar-refractivity contribution is 8.01. The first-order valence-corrected chi connectivity index (χ1v) is 6.40. The van der Waals surface area contributed by atoms with Gasteiger partial charge in [-0.3, -0.25) is 0 Å². The number of rotatable bonds is 3. The average Bonchev–Trinajstić information content (AvgIpc) is 2.56. The summed E-state index contributed by atoms with van der Waals surface area (Å²) in [7, 11) is 0. The predicted octanol–water partition coefficient (Wildman–Crippen LogP) is 4.31. The molecule has 2 rings (SSSR count). The minimum absolute atomic E-state index is 0.00106. The molecule has 0 aliphatic carbocycles. The summed E-state index contributed by atoms with van der Waals surface area (Å²) in [4.78, 5) is 3.92. The van der Waals surface area contributed by atoms with Crippen LogP contribution in [0.4, 0.5) is 13.2 Å². The number of alkyl halides is 3. The van der Waals surface area contributed by atoms with E-state index in [1.165, 1.54) is 0 Å². The fourth-order valence-corrected chi connectivity index (χ4v) is 3.02. The number of ether oxygens (including phenoxy) is 1. The van der Waals surface area contributed by atoms with Crippen molar-refractivity contribution in [1.82, 2.24) is 4.98 Å². The van der Waals surface area contributed by atoms with Gasteiger partial charge in [0.1, 0.15) is 5.75 Å². The molecule has 7 heteroatoms. The Morgan fingerprint density at radius 3 is 2.82 bits per heavy atom. The van der Waals surface area contributed by atoms with Gasteiger partial charge in [0, 0.05) is 17.8 Å². The van der Waals surface area contributed by atoms with Crippen LogP contribution in [-0.2, 0) is 0 Å². The summed E-state index contributed by atoms with van der Waals surface area (Å²) < 4.78 is 42.5. The number of fused-ring (bicyclic) bond motifs is 1. The van der Waals surface area contributed by atoms with E-state index in [2.05, 4.69) is 4.98 Å². The first-order valence-electron chi connectivity index (χ1n) is 4.77. The van der Waals surface area contributed by atoms with Gasteiger partial charge in [-0.25, -0.2) is 4.98 Å². The van der Waals surface area contributed by atoms with Crippen molar-refractivity contribution >= 4 is 33.3 Å². The molecule has 0 aliphatic heterocycles. The van der Waals surface area contributed by atoms with Crippen LogP contribution < -0.4 is 4.74 Å². The van der Waals surface area contributed by atoms with Crippen LogP contribution in [0.1, 0.15) is 6.92 Å². The Balaban J connectivity index is 2.30. The van der Waals surface area contributed by atoms with E-state index in [0.29, 0.717) is 17.9 Å². The maximum absolute atomic E-state index is 12.2. The summed E-state index contributed by atoms with van der Waals surface area (Å²) in [6.45, 7) is 2.36. The number of hydrogen-bond acceptors (Lipinski definition) is 4. The van der Waals surface area contributed by atoms with E-state index in [1.54, 1.807) is 18.2 Å². The van der Waals surface area contributed by atoms with Crippen molar-refractivity contribution in [3.8, 4) is 5.75 Å². The quantitative estimate of drug-likeness (QED) is 0.782. The summed E-state index contributed by atoms with van der Waals surface area (Å²) in [5.41, 5.74) is -3.76. The van der Waals surface area contributed by atoms with Crippen LogP contribution in [0.5, 0.6) is 5.75 Å². The minimum atomic E-state index is -4.30. The Morgan fingerprint density at radius 2 is 2.18 bits per heavy atom. The van der Waals surface area contributed by atoms with Crippen LogP contribution in [0.25, 0.3) is 10.2 Å². The molecule has 2 nitrogen and oxygen atoms in total. The highest BCUT2D eigenvalue weighted by atomic mass is 32.2. The molecule has 0 atom stereocenters. The smallest absolute Gasteiger partial charge is 0.448 e. The Kier molecular flexibility index (Phi) is 3.48. The lowest BCUT2D eigenvalue weighted by atomic mass is 10.3. The second-order valence-electron chi connectivity index (χ2n) is 3.09. The summed E-state index contributed by atoms with van der Waals surface area (Å²) in [6.07, 6.45) is 0. The van der Waals surface area contributed by atoms with Gasteiger partial charge in [-0.1, -0.05) is 0 Å². The molecule has 1 heterocycles. The Hall–Kier alpha value is -0.950. The molecular formula is C10H8F3NOS2. The fourth-order valence-electron chi connectivity index (χ4n) is 1.29. The van der Waals surface area contributed by atoms with Crippen LogP contribution in [0.15, 0.2) is 22.5 Å². The normalized spacial score (nSPS) is 12.0. The van der Waals surface area contributed by atoms with Crippen molar-refractivity contribution in [2.24, 2.45) is 0 Å². The van der Waals surface area contributed by atoms with Crippen LogP contribution in [0.3, 0.4) is 0 Å². The van der Waals surface area contributed by atoms with Gasteiger partial charge in [0.25, 0.3) is 0 Å². The first kappa shape index (κ1) is 12.5. The van der Waals surface area contributed by atoms with Gasteiger partial charge in [-0.05, 0) is 19.1 Å². The summed E-state index contributed by atoms with van der Waals surface area (Å²) in [5.74, 6) is 0.619. The molecule has 0 spiro atoms. The summed E-state index contributed by atoms with van der Waals surface area (Å²) >= 11 is 0.840. The topological polar surface area (TPSA) is 22.1 Å². The maximum atomic E-state index is 12.2.